The number of hydrogen-bond acceptors (Lipinski definition) is 6. The van der Waals surface area contributed by atoms with Gasteiger partial charge < -0.3 is 21.3 Å². The molecule has 0 unspecified atom stereocenters. The molecule has 1 amide bonds. The second-order valence-corrected chi connectivity index (χ2v) is 6.11. The minimum Gasteiger partial charge on any atom is -0.399 e. The van der Waals surface area contributed by atoms with Crippen molar-refractivity contribution in [1.29, 1.82) is 0 Å². The van der Waals surface area contributed by atoms with E-state index in [1.807, 2.05) is 0 Å². The van der Waals surface area contributed by atoms with Crippen molar-refractivity contribution in [3.8, 4) is 0 Å². The molecule has 106 valence electrons. The molecule has 1 aromatic rings. The summed E-state index contributed by atoms with van der Waals surface area (Å²) >= 11 is 0. The predicted octanol–water partition coefficient (Wildman–Crippen LogP) is -1.24. The maximum absolute atomic E-state index is 11.8. The Kier molecular flexibility index (Phi) is 4.87. The third-order valence-electron chi connectivity index (χ3n) is 2.40. The highest BCUT2D eigenvalue weighted by atomic mass is 32.2. The van der Waals surface area contributed by atoms with Gasteiger partial charge in [-0.05, 0) is 18.2 Å². The summed E-state index contributed by atoms with van der Waals surface area (Å²) in [5.41, 5.74) is 5.73. The maximum atomic E-state index is 11.8. The van der Waals surface area contributed by atoms with Crippen LogP contribution >= 0.6 is 0 Å². The number of carbonyl (C=O) groups is 1. The number of nitrogen functional groups attached to an aromatic ring is 1. The second kappa shape index (κ2) is 6.00. The highest BCUT2D eigenvalue weighted by molar-refractivity contribution is 7.90. The van der Waals surface area contributed by atoms with Crippen molar-refractivity contribution in [3.05, 3.63) is 23.8 Å². The van der Waals surface area contributed by atoms with E-state index in [1.165, 1.54) is 18.2 Å². The Morgan fingerprint density at radius 2 is 1.89 bits per heavy atom. The van der Waals surface area contributed by atoms with Gasteiger partial charge in [-0.3, -0.25) is 4.79 Å². The second-order valence-electron chi connectivity index (χ2n) is 4.10. The monoisotopic (exact) mass is 288 g/mol. The topological polar surface area (TPSA) is 130 Å². The highest BCUT2D eigenvalue weighted by Gasteiger charge is 2.16. The molecular weight excluding hydrogens is 272 g/mol. The van der Waals surface area contributed by atoms with Crippen LogP contribution in [0.2, 0.25) is 0 Å². The van der Waals surface area contributed by atoms with Gasteiger partial charge in [0.25, 0.3) is 5.91 Å². The smallest absolute Gasteiger partial charge is 0.251 e. The van der Waals surface area contributed by atoms with E-state index in [4.69, 9.17) is 15.9 Å². The van der Waals surface area contributed by atoms with E-state index < -0.39 is 35.0 Å². The van der Waals surface area contributed by atoms with Gasteiger partial charge in [0.15, 0.2) is 9.84 Å². The minimum atomic E-state index is -3.48. The largest absolute Gasteiger partial charge is 0.399 e. The summed E-state index contributed by atoms with van der Waals surface area (Å²) in [6.07, 6.45) is 1.01. The van der Waals surface area contributed by atoms with Crippen molar-refractivity contribution >= 4 is 21.4 Å². The Hall–Kier alpha value is -1.64. The number of nitrogens with one attached hydrogen (secondary N) is 1. The lowest BCUT2D eigenvalue weighted by Gasteiger charge is -2.14. The number of amides is 1. The molecule has 0 aliphatic rings. The maximum Gasteiger partial charge on any atom is 0.251 e. The number of carbonyl (C=O) groups excluding carboxylic acids is 1. The van der Waals surface area contributed by atoms with Crippen LogP contribution in [0.5, 0.6) is 0 Å². The molecule has 1 rings (SSSR count). The Morgan fingerprint density at radius 1 is 1.32 bits per heavy atom. The van der Waals surface area contributed by atoms with E-state index in [-0.39, 0.29) is 16.1 Å². The molecule has 0 aliphatic carbocycles. The van der Waals surface area contributed by atoms with Crippen LogP contribution < -0.4 is 11.1 Å². The third-order valence-corrected chi connectivity index (χ3v) is 3.49. The van der Waals surface area contributed by atoms with E-state index >= 15 is 0 Å². The van der Waals surface area contributed by atoms with E-state index in [0.717, 1.165) is 6.26 Å². The minimum absolute atomic E-state index is 0.0484. The summed E-state index contributed by atoms with van der Waals surface area (Å²) in [4.78, 5) is 11.8. The summed E-state index contributed by atoms with van der Waals surface area (Å²) in [5, 5.41) is 20.1. The van der Waals surface area contributed by atoms with Crippen LogP contribution in [0, 0.1) is 0 Å². The molecule has 0 radical (unpaired) electrons. The highest BCUT2D eigenvalue weighted by Crippen LogP contribution is 2.16. The molecule has 0 aromatic heterocycles. The van der Waals surface area contributed by atoms with Crippen LogP contribution in [-0.4, -0.2) is 50.0 Å². The first-order valence-electron chi connectivity index (χ1n) is 5.41. The fourth-order valence-electron chi connectivity index (χ4n) is 1.39. The zero-order chi connectivity index (χ0) is 14.6. The standard InChI is InChI=1S/C11H16N2O5S/c1-19(17,18)10-3-7(2-8(12)4-10)11(16)13-9(5-14)6-15/h2-4,9,14-15H,5-6,12H2,1H3,(H,13,16). The summed E-state index contributed by atoms with van der Waals surface area (Å²) in [7, 11) is -3.48. The van der Waals surface area contributed by atoms with Crippen molar-refractivity contribution in [1.82, 2.24) is 5.32 Å². The first-order chi connectivity index (χ1) is 8.77. The van der Waals surface area contributed by atoms with E-state index in [9.17, 15) is 13.2 Å². The molecule has 0 heterocycles. The van der Waals surface area contributed by atoms with Crippen molar-refractivity contribution in [3.63, 3.8) is 0 Å². The van der Waals surface area contributed by atoms with Gasteiger partial charge in [-0.25, -0.2) is 8.42 Å². The van der Waals surface area contributed by atoms with Gasteiger partial charge in [-0.1, -0.05) is 0 Å². The summed E-state index contributed by atoms with van der Waals surface area (Å²) < 4.78 is 22.9. The van der Waals surface area contributed by atoms with Crippen LogP contribution in [0.25, 0.3) is 0 Å². The van der Waals surface area contributed by atoms with Crippen molar-refractivity contribution in [2.45, 2.75) is 10.9 Å². The Morgan fingerprint density at radius 3 is 2.37 bits per heavy atom. The number of hydrogen-bond donors (Lipinski definition) is 4. The van der Waals surface area contributed by atoms with Gasteiger partial charge in [0.2, 0.25) is 0 Å². The van der Waals surface area contributed by atoms with Crippen molar-refractivity contribution in [2.75, 3.05) is 25.2 Å². The quantitative estimate of drug-likeness (QED) is 0.501. The summed E-state index contributed by atoms with van der Waals surface area (Å²) in [6, 6.07) is 2.94. The fraction of sp³-hybridized carbons (Fsp3) is 0.364. The van der Waals surface area contributed by atoms with Gasteiger partial charge in [0.1, 0.15) is 0 Å². The number of anilines is 1. The molecule has 7 nitrogen and oxygen atoms in total. The lowest BCUT2D eigenvalue weighted by atomic mass is 10.2. The molecule has 0 atom stereocenters. The van der Waals surface area contributed by atoms with Gasteiger partial charge in [-0.15, -0.1) is 0 Å². The molecule has 0 saturated carbocycles. The molecule has 8 heteroatoms. The summed E-state index contributed by atoms with van der Waals surface area (Å²) in [5.74, 6) is -0.620. The molecule has 0 spiro atoms. The fourth-order valence-corrected chi connectivity index (χ4v) is 2.08. The van der Waals surface area contributed by atoms with Gasteiger partial charge in [0.05, 0.1) is 24.2 Å². The van der Waals surface area contributed by atoms with Crippen molar-refractivity contribution < 1.29 is 23.4 Å². The molecule has 0 bridgehead atoms. The van der Waals surface area contributed by atoms with Crippen LogP contribution in [0.1, 0.15) is 10.4 Å². The predicted molar refractivity (Wildman–Crippen MR) is 69.4 cm³/mol. The third kappa shape index (κ3) is 4.19. The number of aliphatic hydroxyl groups is 2. The average Bonchev–Trinajstić information content (AvgIpc) is 2.33. The average molecular weight is 288 g/mol. The van der Waals surface area contributed by atoms with E-state index in [2.05, 4.69) is 5.32 Å². The molecule has 19 heavy (non-hydrogen) atoms. The van der Waals surface area contributed by atoms with E-state index in [0.29, 0.717) is 0 Å². The molecule has 0 fully saturated rings. The number of benzene rings is 1. The van der Waals surface area contributed by atoms with E-state index in [1.54, 1.807) is 0 Å². The van der Waals surface area contributed by atoms with Crippen LogP contribution in [0.3, 0.4) is 0 Å². The number of nitrogens with two attached hydrogens (primary N) is 1. The SMILES string of the molecule is CS(=O)(=O)c1cc(N)cc(C(=O)NC(CO)CO)c1. The lowest BCUT2D eigenvalue weighted by Crippen LogP contribution is -2.40. The molecule has 0 aliphatic heterocycles. The number of sulfone groups is 1. The van der Waals surface area contributed by atoms with Crippen LogP contribution in [-0.2, 0) is 9.84 Å². The van der Waals surface area contributed by atoms with Gasteiger partial charge >= 0.3 is 0 Å². The first kappa shape index (κ1) is 15.4. The Bertz CT molecular complexity index is 566. The zero-order valence-corrected chi connectivity index (χ0v) is 11.1. The molecule has 0 saturated heterocycles. The molecule has 1 aromatic carbocycles. The lowest BCUT2D eigenvalue weighted by molar-refractivity contribution is 0.0879. The zero-order valence-electron chi connectivity index (χ0n) is 10.3. The number of rotatable bonds is 5. The molecule has 5 N–H and O–H groups in total. The Labute approximate surface area is 111 Å². The van der Waals surface area contributed by atoms with Crippen LogP contribution in [0.4, 0.5) is 5.69 Å². The first-order valence-corrected chi connectivity index (χ1v) is 7.30. The van der Waals surface area contributed by atoms with Gasteiger partial charge in [-0.2, -0.15) is 0 Å². The Balaban J connectivity index is 3.08. The number of aliphatic hydroxyl groups excluding tert-OH is 2. The van der Waals surface area contributed by atoms with Crippen LogP contribution in [0.15, 0.2) is 23.1 Å². The normalized spacial score (nSPS) is 11.6. The van der Waals surface area contributed by atoms with Gasteiger partial charge in [0, 0.05) is 17.5 Å². The summed E-state index contributed by atoms with van der Waals surface area (Å²) in [6.45, 7) is -0.854. The molecular formula is C11H16N2O5S. The van der Waals surface area contributed by atoms with Crippen molar-refractivity contribution in [2.24, 2.45) is 0 Å².